The van der Waals surface area contributed by atoms with E-state index in [2.05, 4.69) is 16.8 Å². The molecular formula is C15H23N3O. The number of carbonyl (C=O) groups is 1. The molecule has 104 valence electrons. The first kappa shape index (κ1) is 15.3. The monoisotopic (exact) mass is 261 g/mol. The summed E-state index contributed by atoms with van der Waals surface area (Å²) in [5.41, 5.74) is 7.70. The molecule has 0 radical (unpaired) electrons. The number of hydrogen-bond acceptors (Lipinski definition) is 3. The van der Waals surface area contributed by atoms with E-state index in [-0.39, 0.29) is 11.8 Å². The van der Waals surface area contributed by atoms with Crippen LogP contribution in [0.3, 0.4) is 0 Å². The average Bonchev–Trinajstić information content (AvgIpc) is 2.45. The molecule has 1 heterocycles. The van der Waals surface area contributed by atoms with Crippen LogP contribution >= 0.6 is 0 Å². The molecule has 1 fully saturated rings. The summed E-state index contributed by atoms with van der Waals surface area (Å²) in [6.45, 7) is 5.37. The van der Waals surface area contributed by atoms with Gasteiger partial charge < -0.3 is 10.6 Å². The molecule has 1 aliphatic rings. The van der Waals surface area contributed by atoms with E-state index in [9.17, 15) is 4.79 Å². The lowest BCUT2D eigenvalue weighted by Gasteiger charge is -2.32. The van der Waals surface area contributed by atoms with Crippen LogP contribution in [-0.4, -0.2) is 36.7 Å². The number of carbonyl (C=O) groups excluding carboxylic acids is 1. The molecule has 0 aromatic carbocycles. The fraction of sp³-hybridized carbons (Fsp3) is 0.600. The van der Waals surface area contributed by atoms with Gasteiger partial charge >= 0.3 is 0 Å². The normalized spacial score (nSPS) is 20.8. The Bertz CT molecular complexity index is 440. The van der Waals surface area contributed by atoms with Crippen molar-refractivity contribution in [1.82, 2.24) is 4.90 Å². The van der Waals surface area contributed by atoms with Crippen molar-refractivity contribution in [3.05, 3.63) is 11.8 Å². The van der Waals surface area contributed by atoms with Gasteiger partial charge in [-0.1, -0.05) is 12.8 Å². The van der Waals surface area contributed by atoms with Gasteiger partial charge in [-0.25, -0.2) is 0 Å². The second-order valence-electron chi connectivity index (χ2n) is 4.68. The van der Waals surface area contributed by atoms with Gasteiger partial charge in [0.1, 0.15) is 0 Å². The maximum atomic E-state index is 11.9. The summed E-state index contributed by atoms with van der Waals surface area (Å²) in [7, 11) is 1.76. The quantitative estimate of drug-likeness (QED) is 0.606. The summed E-state index contributed by atoms with van der Waals surface area (Å²) >= 11 is 0. The Morgan fingerprint density at radius 2 is 2.32 bits per heavy atom. The SMILES string of the molecule is CCC#CC(=O)N1CCCC(/C(=C/N)C(C)=NC)C1. The van der Waals surface area contributed by atoms with Crippen molar-refractivity contribution in [1.29, 1.82) is 0 Å². The van der Waals surface area contributed by atoms with Gasteiger partial charge in [-0.2, -0.15) is 0 Å². The summed E-state index contributed by atoms with van der Waals surface area (Å²) in [4.78, 5) is 17.9. The van der Waals surface area contributed by atoms with Crippen LogP contribution in [0.5, 0.6) is 0 Å². The highest BCUT2D eigenvalue weighted by molar-refractivity contribution is 5.99. The Morgan fingerprint density at radius 1 is 1.58 bits per heavy atom. The van der Waals surface area contributed by atoms with E-state index in [4.69, 9.17) is 5.73 Å². The minimum Gasteiger partial charge on any atom is -0.404 e. The molecule has 0 aliphatic carbocycles. The number of aliphatic imine (C=N–C) groups is 1. The van der Waals surface area contributed by atoms with Gasteiger partial charge in [-0.15, -0.1) is 0 Å². The van der Waals surface area contributed by atoms with Crippen molar-refractivity contribution in [3.8, 4) is 11.8 Å². The number of piperidine rings is 1. The molecule has 0 spiro atoms. The van der Waals surface area contributed by atoms with E-state index >= 15 is 0 Å². The molecule has 1 atom stereocenters. The van der Waals surface area contributed by atoms with Crippen LogP contribution in [0.15, 0.2) is 16.8 Å². The van der Waals surface area contributed by atoms with E-state index in [0.29, 0.717) is 13.0 Å². The molecular weight excluding hydrogens is 238 g/mol. The molecule has 1 amide bonds. The third-order valence-electron chi connectivity index (χ3n) is 3.45. The van der Waals surface area contributed by atoms with Crippen molar-refractivity contribution >= 4 is 11.6 Å². The van der Waals surface area contributed by atoms with Crippen LogP contribution in [0, 0.1) is 17.8 Å². The summed E-state index contributed by atoms with van der Waals surface area (Å²) in [5.74, 6) is 5.71. The van der Waals surface area contributed by atoms with Gasteiger partial charge in [-0.3, -0.25) is 9.79 Å². The molecule has 0 aromatic rings. The Hall–Kier alpha value is -1.76. The van der Waals surface area contributed by atoms with E-state index in [0.717, 1.165) is 30.7 Å². The zero-order valence-corrected chi connectivity index (χ0v) is 12.1. The highest BCUT2D eigenvalue weighted by Crippen LogP contribution is 2.24. The fourth-order valence-electron chi connectivity index (χ4n) is 2.34. The van der Waals surface area contributed by atoms with Gasteiger partial charge in [0, 0.05) is 38.2 Å². The molecule has 1 unspecified atom stereocenters. The number of rotatable bonds is 2. The number of hydrogen-bond donors (Lipinski definition) is 1. The maximum absolute atomic E-state index is 11.9. The van der Waals surface area contributed by atoms with E-state index < -0.39 is 0 Å². The lowest BCUT2D eigenvalue weighted by molar-refractivity contribution is -0.126. The Kier molecular flexibility index (Phi) is 6.14. The van der Waals surface area contributed by atoms with E-state index in [1.54, 1.807) is 13.2 Å². The predicted molar refractivity (Wildman–Crippen MR) is 78.7 cm³/mol. The molecule has 0 aromatic heterocycles. The van der Waals surface area contributed by atoms with Crippen LogP contribution in [0.1, 0.15) is 33.1 Å². The molecule has 4 heteroatoms. The first-order valence-electron chi connectivity index (χ1n) is 6.77. The molecule has 1 aliphatic heterocycles. The van der Waals surface area contributed by atoms with Crippen LogP contribution in [0.25, 0.3) is 0 Å². The number of likely N-dealkylation sites (tertiary alicyclic amines) is 1. The van der Waals surface area contributed by atoms with Gasteiger partial charge in [0.2, 0.25) is 0 Å². The molecule has 1 rings (SSSR count). The van der Waals surface area contributed by atoms with E-state index in [1.807, 2.05) is 18.7 Å². The van der Waals surface area contributed by atoms with Gasteiger partial charge in [-0.05, 0) is 37.5 Å². The third-order valence-corrected chi connectivity index (χ3v) is 3.45. The van der Waals surface area contributed by atoms with E-state index in [1.165, 1.54) is 0 Å². The highest BCUT2D eigenvalue weighted by atomic mass is 16.2. The first-order chi connectivity index (χ1) is 9.13. The van der Waals surface area contributed by atoms with Crippen molar-refractivity contribution in [2.24, 2.45) is 16.6 Å². The van der Waals surface area contributed by atoms with Gasteiger partial charge in [0.25, 0.3) is 5.91 Å². The third kappa shape index (κ3) is 4.13. The Balaban J connectivity index is 2.77. The lowest BCUT2D eigenvalue weighted by Crippen LogP contribution is -2.40. The molecule has 0 bridgehead atoms. The van der Waals surface area contributed by atoms with Crippen LogP contribution in [0.2, 0.25) is 0 Å². The maximum Gasteiger partial charge on any atom is 0.298 e. The minimum atomic E-state index is -0.0750. The van der Waals surface area contributed by atoms with Crippen molar-refractivity contribution < 1.29 is 4.79 Å². The van der Waals surface area contributed by atoms with Crippen molar-refractivity contribution in [3.63, 3.8) is 0 Å². The summed E-state index contributed by atoms with van der Waals surface area (Å²) in [6.07, 6.45) is 4.36. The number of nitrogens with zero attached hydrogens (tertiary/aromatic N) is 2. The topological polar surface area (TPSA) is 58.7 Å². The smallest absolute Gasteiger partial charge is 0.298 e. The lowest BCUT2D eigenvalue weighted by atomic mass is 9.88. The highest BCUT2D eigenvalue weighted by Gasteiger charge is 2.26. The molecule has 19 heavy (non-hydrogen) atoms. The Labute approximate surface area is 115 Å². The van der Waals surface area contributed by atoms with Crippen molar-refractivity contribution in [2.75, 3.05) is 20.1 Å². The summed E-state index contributed by atoms with van der Waals surface area (Å²) in [5, 5.41) is 0. The second kappa shape index (κ2) is 7.63. The average molecular weight is 261 g/mol. The standard InChI is InChI=1S/C15H23N3O/c1-4-5-8-15(19)18-9-6-7-13(11-18)14(10-16)12(2)17-3/h10,13H,4,6-7,9,11,16H2,1-3H3/b14-10+,17-12?. The molecule has 2 N–H and O–H groups in total. The first-order valence-corrected chi connectivity index (χ1v) is 6.77. The van der Waals surface area contributed by atoms with Gasteiger partial charge in [0.05, 0.1) is 0 Å². The zero-order valence-electron chi connectivity index (χ0n) is 12.1. The fourth-order valence-corrected chi connectivity index (χ4v) is 2.34. The molecule has 0 saturated carbocycles. The number of nitrogens with two attached hydrogens (primary N) is 1. The van der Waals surface area contributed by atoms with Crippen LogP contribution in [0.4, 0.5) is 0 Å². The van der Waals surface area contributed by atoms with Crippen LogP contribution in [-0.2, 0) is 4.79 Å². The number of amides is 1. The minimum absolute atomic E-state index is 0.0750. The van der Waals surface area contributed by atoms with Crippen LogP contribution < -0.4 is 5.73 Å². The van der Waals surface area contributed by atoms with Crippen molar-refractivity contribution in [2.45, 2.75) is 33.1 Å². The largest absolute Gasteiger partial charge is 0.404 e. The zero-order chi connectivity index (χ0) is 14.3. The predicted octanol–water partition coefficient (Wildman–Crippen LogP) is 1.57. The second-order valence-corrected chi connectivity index (χ2v) is 4.68. The Morgan fingerprint density at radius 3 is 2.89 bits per heavy atom. The molecule has 1 saturated heterocycles. The van der Waals surface area contributed by atoms with Gasteiger partial charge in [0.15, 0.2) is 0 Å². The summed E-state index contributed by atoms with van der Waals surface area (Å²) in [6, 6.07) is 0. The molecule has 4 nitrogen and oxygen atoms in total. The summed E-state index contributed by atoms with van der Waals surface area (Å²) < 4.78 is 0.